The van der Waals surface area contributed by atoms with Gasteiger partial charge in [0.25, 0.3) is 5.56 Å². The Morgan fingerprint density at radius 2 is 2.00 bits per heavy atom. The molecule has 1 aliphatic heterocycles. The van der Waals surface area contributed by atoms with Crippen molar-refractivity contribution in [3.8, 4) is 0 Å². The highest BCUT2D eigenvalue weighted by atomic mass is 19.1. The Balaban J connectivity index is 1.91. The summed E-state index contributed by atoms with van der Waals surface area (Å²) >= 11 is 0. The fraction of sp³-hybridized carbons (Fsp3) is 0.579. The van der Waals surface area contributed by atoms with Gasteiger partial charge < -0.3 is 16.1 Å². The first-order valence-electron chi connectivity index (χ1n) is 9.52. The topological polar surface area (TPSA) is 85.3 Å². The molecule has 8 heteroatoms. The average Bonchev–Trinajstić information content (AvgIpc) is 3.37. The van der Waals surface area contributed by atoms with Gasteiger partial charge in [-0.3, -0.25) is 9.36 Å². The van der Waals surface area contributed by atoms with Gasteiger partial charge in [-0.15, -0.1) is 0 Å². The van der Waals surface area contributed by atoms with Crippen LogP contribution in [0.3, 0.4) is 0 Å². The summed E-state index contributed by atoms with van der Waals surface area (Å²) in [6.07, 6.45) is 2.70. The summed E-state index contributed by atoms with van der Waals surface area (Å²) in [5.41, 5.74) is 0.485. The SMILES string of the molecule is CN[C@@H](C)[C@@H]1CCN(c2c(F)cc3c(=O)n(N)c(=O)n(C4CC4)c3c2C)C1. The molecule has 2 fully saturated rings. The van der Waals surface area contributed by atoms with Crippen molar-refractivity contribution < 1.29 is 4.39 Å². The van der Waals surface area contributed by atoms with Crippen molar-refractivity contribution in [2.24, 2.45) is 5.92 Å². The van der Waals surface area contributed by atoms with Crippen LogP contribution < -0.4 is 27.3 Å². The van der Waals surface area contributed by atoms with Crippen molar-refractivity contribution in [3.63, 3.8) is 0 Å². The number of nitrogens with two attached hydrogens (primary N) is 1. The van der Waals surface area contributed by atoms with E-state index in [4.69, 9.17) is 5.84 Å². The van der Waals surface area contributed by atoms with Gasteiger partial charge in [-0.05, 0) is 52.1 Å². The summed E-state index contributed by atoms with van der Waals surface area (Å²) in [7, 11) is 1.93. The van der Waals surface area contributed by atoms with Crippen LogP contribution in [0.5, 0.6) is 0 Å². The number of rotatable bonds is 4. The zero-order valence-electron chi connectivity index (χ0n) is 16.0. The van der Waals surface area contributed by atoms with Crippen molar-refractivity contribution in [2.45, 2.75) is 45.2 Å². The minimum atomic E-state index is -0.649. The molecule has 1 saturated heterocycles. The summed E-state index contributed by atoms with van der Waals surface area (Å²) in [5, 5.41) is 3.44. The number of nitrogen functional groups attached to an aromatic ring is 1. The maximum Gasteiger partial charge on any atom is 0.350 e. The lowest BCUT2D eigenvalue weighted by Crippen LogP contribution is -2.44. The van der Waals surface area contributed by atoms with E-state index in [1.54, 1.807) is 11.5 Å². The van der Waals surface area contributed by atoms with Crippen LogP contribution in [-0.4, -0.2) is 35.4 Å². The van der Waals surface area contributed by atoms with E-state index in [0.29, 0.717) is 33.4 Å². The number of hydrogen-bond acceptors (Lipinski definition) is 5. The van der Waals surface area contributed by atoms with Gasteiger partial charge in [0.1, 0.15) is 5.82 Å². The predicted molar refractivity (Wildman–Crippen MR) is 104 cm³/mol. The highest BCUT2D eigenvalue weighted by Gasteiger charge is 2.33. The lowest BCUT2D eigenvalue weighted by Gasteiger charge is -2.25. The van der Waals surface area contributed by atoms with Crippen LogP contribution in [-0.2, 0) is 0 Å². The largest absolute Gasteiger partial charge is 0.369 e. The number of aromatic nitrogens is 2. The molecule has 2 aromatic rings. The number of hydrogen-bond donors (Lipinski definition) is 2. The standard InChI is InChI=1S/C19H26FN5O2/c1-10-16-14(18(26)25(21)19(27)24(16)13-4-5-13)8-15(20)17(10)23-7-6-12(9-23)11(2)22-3/h8,11-13,22H,4-7,9,21H2,1-3H3/t11-,12+/m0/s1. The summed E-state index contributed by atoms with van der Waals surface area (Å²) in [6.45, 7) is 5.43. The van der Waals surface area contributed by atoms with Gasteiger partial charge in [0.2, 0.25) is 0 Å². The summed E-state index contributed by atoms with van der Waals surface area (Å²) < 4.78 is 17.2. The molecule has 0 bridgehead atoms. The highest BCUT2D eigenvalue weighted by Crippen LogP contribution is 2.39. The van der Waals surface area contributed by atoms with Crippen LogP contribution in [0.2, 0.25) is 0 Å². The molecule has 1 aliphatic carbocycles. The van der Waals surface area contributed by atoms with E-state index in [9.17, 15) is 9.59 Å². The van der Waals surface area contributed by atoms with Gasteiger partial charge in [-0.25, -0.2) is 9.18 Å². The number of anilines is 1. The Bertz CT molecular complexity index is 1020. The van der Waals surface area contributed by atoms with Crippen molar-refractivity contribution >= 4 is 16.6 Å². The van der Waals surface area contributed by atoms with Gasteiger partial charge in [0.15, 0.2) is 0 Å². The van der Waals surface area contributed by atoms with Crippen molar-refractivity contribution in [1.82, 2.24) is 14.6 Å². The molecule has 1 saturated carbocycles. The zero-order chi connectivity index (χ0) is 19.5. The van der Waals surface area contributed by atoms with Crippen LogP contribution in [0.4, 0.5) is 10.1 Å². The van der Waals surface area contributed by atoms with Crippen molar-refractivity contribution in [2.75, 3.05) is 30.9 Å². The zero-order valence-corrected chi connectivity index (χ0v) is 16.0. The van der Waals surface area contributed by atoms with E-state index in [1.807, 2.05) is 11.9 Å². The monoisotopic (exact) mass is 375 g/mol. The fourth-order valence-corrected chi connectivity index (χ4v) is 4.35. The van der Waals surface area contributed by atoms with Gasteiger partial charge in [0, 0.05) is 30.7 Å². The summed E-state index contributed by atoms with van der Waals surface area (Å²) in [4.78, 5) is 27.2. The van der Waals surface area contributed by atoms with Crippen molar-refractivity contribution in [3.05, 3.63) is 38.3 Å². The Morgan fingerprint density at radius 1 is 1.30 bits per heavy atom. The van der Waals surface area contributed by atoms with Gasteiger partial charge in [-0.1, -0.05) is 0 Å². The van der Waals surface area contributed by atoms with E-state index in [1.165, 1.54) is 6.07 Å². The molecule has 7 nitrogen and oxygen atoms in total. The van der Waals surface area contributed by atoms with E-state index < -0.39 is 17.1 Å². The molecule has 0 radical (unpaired) electrons. The van der Waals surface area contributed by atoms with Crippen LogP contribution in [0.25, 0.3) is 10.9 Å². The Morgan fingerprint density at radius 3 is 2.63 bits per heavy atom. The Hall–Kier alpha value is -2.35. The first-order valence-corrected chi connectivity index (χ1v) is 9.52. The van der Waals surface area contributed by atoms with Crippen LogP contribution in [0, 0.1) is 18.7 Å². The minimum Gasteiger partial charge on any atom is -0.369 e. The molecule has 1 aromatic heterocycles. The molecule has 2 atom stereocenters. The minimum absolute atomic E-state index is 0.0306. The number of fused-ring (bicyclic) bond motifs is 1. The fourth-order valence-electron chi connectivity index (χ4n) is 4.35. The summed E-state index contributed by atoms with van der Waals surface area (Å²) in [5.74, 6) is 5.66. The predicted octanol–water partition coefficient (Wildman–Crippen LogP) is 1.09. The molecule has 27 heavy (non-hydrogen) atoms. The second-order valence-electron chi connectivity index (χ2n) is 7.86. The number of aryl methyl sites for hydroxylation is 1. The molecule has 2 heterocycles. The maximum absolute atomic E-state index is 15.1. The number of nitrogens with one attached hydrogen (secondary N) is 1. The number of benzene rings is 1. The van der Waals surface area contributed by atoms with Gasteiger partial charge in [0.05, 0.1) is 16.6 Å². The third-order valence-corrected chi connectivity index (χ3v) is 6.18. The van der Waals surface area contributed by atoms with Gasteiger partial charge >= 0.3 is 5.69 Å². The molecular formula is C19H26FN5O2. The van der Waals surface area contributed by atoms with E-state index in [0.717, 1.165) is 32.4 Å². The van der Waals surface area contributed by atoms with Crippen LogP contribution in [0.1, 0.15) is 37.8 Å². The quantitative estimate of drug-likeness (QED) is 0.782. The third-order valence-electron chi connectivity index (χ3n) is 6.18. The molecule has 2 aliphatic rings. The lowest BCUT2D eigenvalue weighted by atomic mass is 10.0. The first-order chi connectivity index (χ1) is 12.8. The Labute approximate surface area is 156 Å². The average molecular weight is 375 g/mol. The molecule has 0 unspecified atom stereocenters. The van der Waals surface area contributed by atoms with Gasteiger partial charge in [-0.2, -0.15) is 4.68 Å². The normalized spacial score (nSPS) is 21.2. The molecule has 146 valence electrons. The van der Waals surface area contributed by atoms with E-state index >= 15 is 4.39 Å². The van der Waals surface area contributed by atoms with E-state index in [2.05, 4.69) is 12.2 Å². The first kappa shape index (κ1) is 18.0. The van der Waals surface area contributed by atoms with Crippen LogP contribution in [0.15, 0.2) is 15.7 Å². The van der Waals surface area contributed by atoms with Crippen LogP contribution >= 0.6 is 0 Å². The number of nitrogens with zero attached hydrogens (tertiary/aromatic N) is 3. The third kappa shape index (κ3) is 2.74. The summed E-state index contributed by atoms with van der Waals surface area (Å²) in [6, 6.07) is 1.62. The molecule has 4 rings (SSSR count). The number of halogens is 1. The molecule has 0 amide bonds. The molecule has 1 aromatic carbocycles. The molecular weight excluding hydrogens is 349 g/mol. The van der Waals surface area contributed by atoms with Crippen molar-refractivity contribution in [1.29, 1.82) is 0 Å². The maximum atomic E-state index is 15.1. The second-order valence-corrected chi connectivity index (χ2v) is 7.86. The lowest BCUT2D eigenvalue weighted by molar-refractivity contribution is 0.428. The smallest absolute Gasteiger partial charge is 0.350 e. The highest BCUT2D eigenvalue weighted by molar-refractivity contribution is 5.87. The Kier molecular flexibility index (Phi) is 4.25. The molecule has 0 spiro atoms. The van der Waals surface area contributed by atoms with E-state index in [-0.39, 0.29) is 11.4 Å². The molecule has 3 N–H and O–H groups in total. The second kappa shape index (κ2) is 6.37.